The van der Waals surface area contributed by atoms with Crippen LogP contribution in [0.5, 0.6) is 0 Å². The highest BCUT2D eigenvalue weighted by atomic mass is 32.2. The Morgan fingerprint density at radius 1 is 1.35 bits per heavy atom. The Bertz CT molecular complexity index is 597. The molecule has 1 aromatic carbocycles. The van der Waals surface area contributed by atoms with Crippen molar-refractivity contribution in [1.82, 2.24) is 14.8 Å². The number of nitrogens with zero attached hydrogens (tertiary/aromatic N) is 4. The molecular weight excluding hydrogens is 280 g/mol. The zero-order valence-electron chi connectivity index (χ0n) is 10.9. The standard InChI is InChI=1S/C12H14N4O3S/c1-15-11(8-17)13-14-12(15)20-7-6-9-2-4-10(5-3-9)16(18)19/h2-5,17H,6-8H2,1H3. The average molecular weight is 294 g/mol. The molecule has 1 aromatic heterocycles. The number of benzene rings is 1. The second kappa shape index (κ2) is 6.49. The molecule has 0 spiro atoms. The van der Waals surface area contributed by atoms with Crippen LogP contribution >= 0.6 is 11.8 Å². The van der Waals surface area contributed by atoms with E-state index in [1.807, 2.05) is 0 Å². The van der Waals surface area contributed by atoms with Gasteiger partial charge in [-0.2, -0.15) is 0 Å². The number of hydrogen-bond acceptors (Lipinski definition) is 6. The first kappa shape index (κ1) is 14.5. The van der Waals surface area contributed by atoms with Crippen molar-refractivity contribution in [2.75, 3.05) is 5.75 Å². The Hall–Kier alpha value is -1.93. The van der Waals surface area contributed by atoms with E-state index in [0.29, 0.717) is 5.82 Å². The molecule has 0 aliphatic rings. The second-order valence-electron chi connectivity index (χ2n) is 4.14. The molecular formula is C12H14N4O3S. The minimum absolute atomic E-state index is 0.0993. The van der Waals surface area contributed by atoms with Crippen molar-refractivity contribution >= 4 is 17.4 Å². The maximum absolute atomic E-state index is 10.5. The van der Waals surface area contributed by atoms with Gasteiger partial charge in [-0.25, -0.2) is 0 Å². The predicted octanol–water partition coefficient (Wildman–Crippen LogP) is 1.55. The Morgan fingerprint density at radius 3 is 2.60 bits per heavy atom. The number of non-ortho nitro benzene ring substituents is 1. The second-order valence-corrected chi connectivity index (χ2v) is 5.20. The van der Waals surface area contributed by atoms with Gasteiger partial charge in [-0.15, -0.1) is 10.2 Å². The molecule has 0 aliphatic heterocycles. The van der Waals surface area contributed by atoms with Gasteiger partial charge in [-0.1, -0.05) is 23.9 Å². The molecule has 2 rings (SSSR count). The highest BCUT2D eigenvalue weighted by molar-refractivity contribution is 7.99. The first-order chi connectivity index (χ1) is 9.61. The monoisotopic (exact) mass is 294 g/mol. The fraction of sp³-hybridized carbons (Fsp3) is 0.333. The highest BCUT2D eigenvalue weighted by Gasteiger charge is 2.08. The summed E-state index contributed by atoms with van der Waals surface area (Å²) in [6, 6.07) is 6.53. The molecule has 0 unspecified atom stereocenters. The van der Waals surface area contributed by atoms with E-state index >= 15 is 0 Å². The molecule has 0 radical (unpaired) electrons. The Balaban J connectivity index is 1.89. The van der Waals surface area contributed by atoms with Gasteiger partial charge in [0.1, 0.15) is 6.61 Å². The number of aryl methyl sites for hydroxylation is 1. The molecule has 0 saturated carbocycles. The number of nitro groups is 1. The Morgan fingerprint density at radius 2 is 2.05 bits per heavy atom. The molecule has 0 atom stereocenters. The summed E-state index contributed by atoms with van der Waals surface area (Å²) in [5, 5.41) is 28.1. The summed E-state index contributed by atoms with van der Waals surface area (Å²) in [5.74, 6) is 1.32. The van der Waals surface area contributed by atoms with Crippen LogP contribution in [-0.2, 0) is 20.1 Å². The molecule has 0 saturated heterocycles. The largest absolute Gasteiger partial charge is 0.388 e. The van der Waals surface area contributed by atoms with Gasteiger partial charge in [-0.3, -0.25) is 10.1 Å². The summed E-state index contributed by atoms with van der Waals surface area (Å²) in [6.45, 7) is -0.133. The average Bonchev–Trinajstić information content (AvgIpc) is 2.80. The third-order valence-corrected chi connectivity index (χ3v) is 3.86. The zero-order chi connectivity index (χ0) is 14.5. The number of aliphatic hydroxyl groups is 1. The molecule has 8 heteroatoms. The van der Waals surface area contributed by atoms with Crippen LogP contribution in [0, 0.1) is 10.1 Å². The smallest absolute Gasteiger partial charge is 0.269 e. The number of hydrogen-bond donors (Lipinski definition) is 1. The van der Waals surface area contributed by atoms with E-state index in [0.717, 1.165) is 22.9 Å². The lowest BCUT2D eigenvalue weighted by Crippen LogP contribution is -1.99. The number of aromatic nitrogens is 3. The summed E-state index contributed by atoms with van der Waals surface area (Å²) in [4.78, 5) is 10.1. The van der Waals surface area contributed by atoms with Crippen LogP contribution in [0.1, 0.15) is 11.4 Å². The van der Waals surface area contributed by atoms with Gasteiger partial charge in [0.2, 0.25) is 0 Å². The normalized spacial score (nSPS) is 10.7. The summed E-state index contributed by atoms with van der Waals surface area (Å²) in [6.07, 6.45) is 0.782. The van der Waals surface area contributed by atoms with Crippen molar-refractivity contribution < 1.29 is 10.0 Å². The van der Waals surface area contributed by atoms with E-state index in [2.05, 4.69) is 10.2 Å². The number of rotatable bonds is 6. The summed E-state index contributed by atoms with van der Waals surface area (Å²) < 4.78 is 1.75. The molecule has 0 bridgehead atoms. The number of aliphatic hydroxyl groups excluding tert-OH is 1. The van der Waals surface area contributed by atoms with Crippen LogP contribution in [0.4, 0.5) is 5.69 Å². The maximum atomic E-state index is 10.5. The van der Waals surface area contributed by atoms with Gasteiger partial charge in [0, 0.05) is 24.9 Å². The lowest BCUT2D eigenvalue weighted by Gasteiger charge is -2.02. The van der Waals surface area contributed by atoms with Crippen molar-refractivity contribution in [3.8, 4) is 0 Å². The molecule has 2 aromatic rings. The van der Waals surface area contributed by atoms with Crippen LogP contribution < -0.4 is 0 Å². The van der Waals surface area contributed by atoms with Crippen molar-refractivity contribution in [3.63, 3.8) is 0 Å². The molecule has 106 valence electrons. The summed E-state index contributed by atoms with van der Waals surface area (Å²) in [5.41, 5.74) is 1.13. The van der Waals surface area contributed by atoms with E-state index in [9.17, 15) is 10.1 Å². The van der Waals surface area contributed by atoms with Crippen LogP contribution in [0.25, 0.3) is 0 Å². The summed E-state index contributed by atoms with van der Waals surface area (Å²) >= 11 is 1.53. The maximum Gasteiger partial charge on any atom is 0.269 e. The lowest BCUT2D eigenvalue weighted by molar-refractivity contribution is -0.384. The third kappa shape index (κ3) is 3.34. The van der Waals surface area contributed by atoms with E-state index in [1.165, 1.54) is 23.9 Å². The van der Waals surface area contributed by atoms with E-state index in [1.54, 1.807) is 23.7 Å². The Kier molecular flexibility index (Phi) is 4.70. The Labute approximate surface area is 119 Å². The van der Waals surface area contributed by atoms with Gasteiger partial charge >= 0.3 is 0 Å². The van der Waals surface area contributed by atoms with Gasteiger partial charge < -0.3 is 9.67 Å². The minimum atomic E-state index is -0.408. The molecule has 7 nitrogen and oxygen atoms in total. The van der Waals surface area contributed by atoms with Crippen molar-refractivity contribution in [2.24, 2.45) is 7.05 Å². The fourth-order valence-electron chi connectivity index (χ4n) is 1.65. The van der Waals surface area contributed by atoms with Gasteiger partial charge in [0.15, 0.2) is 11.0 Å². The molecule has 0 aliphatic carbocycles. The fourth-order valence-corrected chi connectivity index (χ4v) is 2.57. The molecule has 0 amide bonds. The van der Waals surface area contributed by atoms with Gasteiger partial charge in [0.05, 0.1) is 4.92 Å². The third-order valence-electron chi connectivity index (χ3n) is 2.84. The van der Waals surface area contributed by atoms with Crippen LogP contribution in [-0.4, -0.2) is 30.5 Å². The van der Waals surface area contributed by atoms with Crippen molar-refractivity contribution in [1.29, 1.82) is 0 Å². The molecule has 20 heavy (non-hydrogen) atoms. The number of nitro benzene ring substituents is 1. The van der Waals surface area contributed by atoms with Crippen LogP contribution in [0.2, 0.25) is 0 Å². The van der Waals surface area contributed by atoms with E-state index < -0.39 is 4.92 Å². The van der Waals surface area contributed by atoms with Crippen LogP contribution in [0.3, 0.4) is 0 Å². The van der Waals surface area contributed by atoms with Crippen LogP contribution in [0.15, 0.2) is 29.4 Å². The number of thioether (sulfide) groups is 1. The lowest BCUT2D eigenvalue weighted by atomic mass is 10.1. The topological polar surface area (TPSA) is 94.1 Å². The first-order valence-electron chi connectivity index (χ1n) is 5.97. The molecule has 1 N–H and O–H groups in total. The van der Waals surface area contributed by atoms with E-state index in [-0.39, 0.29) is 12.3 Å². The first-order valence-corrected chi connectivity index (χ1v) is 6.95. The van der Waals surface area contributed by atoms with Crippen molar-refractivity contribution in [2.45, 2.75) is 18.2 Å². The quantitative estimate of drug-likeness (QED) is 0.493. The summed E-state index contributed by atoms with van der Waals surface area (Å²) in [7, 11) is 1.81. The van der Waals surface area contributed by atoms with Gasteiger partial charge in [0.25, 0.3) is 5.69 Å². The predicted molar refractivity (Wildman–Crippen MR) is 74.5 cm³/mol. The zero-order valence-corrected chi connectivity index (χ0v) is 11.7. The molecule has 1 heterocycles. The molecule has 0 fully saturated rings. The van der Waals surface area contributed by atoms with Gasteiger partial charge in [-0.05, 0) is 12.0 Å². The minimum Gasteiger partial charge on any atom is -0.388 e. The van der Waals surface area contributed by atoms with Crippen molar-refractivity contribution in [3.05, 3.63) is 45.8 Å². The SMILES string of the molecule is Cn1c(CO)nnc1SCCc1ccc([N+](=O)[O-])cc1. The van der Waals surface area contributed by atoms with E-state index in [4.69, 9.17) is 5.11 Å². The highest BCUT2D eigenvalue weighted by Crippen LogP contribution is 2.18.